The number of aliphatic hydroxyl groups excluding tert-OH is 1. The van der Waals surface area contributed by atoms with Crippen LogP contribution in [0.2, 0.25) is 0 Å². The molecule has 3 rings (SSSR count). The maximum absolute atomic E-state index is 12.5. The molecule has 1 aromatic heterocycles. The van der Waals surface area contributed by atoms with Gasteiger partial charge in [0.1, 0.15) is 0 Å². The normalized spacial score (nSPS) is 19.9. The van der Waals surface area contributed by atoms with Crippen LogP contribution in [0.4, 0.5) is 13.2 Å². The Balaban J connectivity index is 1.87. The average Bonchev–Trinajstić information content (AvgIpc) is 3.04. The number of nitrogens with zero attached hydrogens (tertiary/aromatic N) is 1. The molecule has 2 unspecified atom stereocenters. The molecule has 0 saturated carbocycles. The minimum Gasteiger partial charge on any atom is -0.387 e. The van der Waals surface area contributed by atoms with Crippen molar-refractivity contribution >= 4 is 23.1 Å². The molecule has 20 heavy (non-hydrogen) atoms. The van der Waals surface area contributed by atoms with Gasteiger partial charge in [-0.3, -0.25) is 0 Å². The number of thiazole rings is 1. The summed E-state index contributed by atoms with van der Waals surface area (Å²) in [5, 5.41) is 9.42. The van der Waals surface area contributed by atoms with Gasteiger partial charge in [0.2, 0.25) is 0 Å². The van der Waals surface area contributed by atoms with Crippen molar-refractivity contribution in [3.05, 3.63) is 45.9 Å². The zero-order valence-corrected chi connectivity index (χ0v) is 11.7. The third-order valence-corrected chi connectivity index (χ3v) is 5.50. The molecule has 0 radical (unpaired) electrons. The van der Waals surface area contributed by atoms with E-state index in [0.29, 0.717) is 17.1 Å². The van der Waals surface area contributed by atoms with E-state index >= 15 is 0 Å². The second-order valence-electron chi connectivity index (χ2n) is 4.47. The predicted molar refractivity (Wildman–Crippen MR) is 72.0 cm³/mol. The number of aliphatic hydroxyl groups is 1. The number of fused-ring (bicyclic) bond motifs is 1. The summed E-state index contributed by atoms with van der Waals surface area (Å²) in [7, 11) is 0. The van der Waals surface area contributed by atoms with Gasteiger partial charge in [0, 0.05) is 22.8 Å². The maximum Gasteiger partial charge on any atom is 0.443 e. The number of halogens is 3. The first-order valence-corrected chi connectivity index (χ1v) is 7.70. The van der Waals surface area contributed by atoms with Gasteiger partial charge in [-0.15, -0.1) is 23.1 Å². The molecule has 7 heteroatoms. The lowest BCUT2D eigenvalue weighted by molar-refractivity contribution is -0.137. The van der Waals surface area contributed by atoms with Gasteiger partial charge in [-0.25, -0.2) is 4.98 Å². The fourth-order valence-corrected chi connectivity index (χ4v) is 4.32. The van der Waals surface area contributed by atoms with Crippen LogP contribution in [0.15, 0.2) is 35.4 Å². The van der Waals surface area contributed by atoms with E-state index in [-0.39, 0.29) is 10.8 Å². The summed E-state index contributed by atoms with van der Waals surface area (Å²) in [5.41, 5.74) is 0.993. The lowest BCUT2D eigenvalue weighted by Gasteiger charge is -2.16. The zero-order valence-electron chi connectivity index (χ0n) is 10.1. The van der Waals surface area contributed by atoms with Crippen molar-refractivity contribution in [1.29, 1.82) is 0 Å². The molecule has 2 heterocycles. The molecule has 1 aliphatic rings. The van der Waals surface area contributed by atoms with E-state index < -0.39 is 17.3 Å². The highest BCUT2D eigenvalue weighted by molar-refractivity contribution is 7.99. The van der Waals surface area contributed by atoms with Gasteiger partial charge >= 0.3 is 6.18 Å². The molecule has 1 N–H and O–H groups in total. The molecular formula is C13H10F3NOS2. The quantitative estimate of drug-likeness (QED) is 0.906. The number of hydrogen-bond acceptors (Lipinski definition) is 4. The summed E-state index contributed by atoms with van der Waals surface area (Å²) in [5.74, 6) is 0.484. The highest BCUT2D eigenvalue weighted by Gasteiger charge is 2.37. The monoisotopic (exact) mass is 317 g/mol. The first-order chi connectivity index (χ1) is 9.47. The lowest BCUT2D eigenvalue weighted by atomic mass is 9.95. The summed E-state index contributed by atoms with van der Waals surface area (Å²) in [6, 6.07) is 7.66. The molecule has 1 aromatic carbocycles. The summed E-state index contributed by atoms with van der Waals surface area (Å²) >= 11 is 2.13. The van der Waals surface area contributed by atoms with E-state index in [9.17, 15) is 18.3 Å². The molecule has 106 valence electrons. The SMILES string of the molecule is OC(c1cnc(C(F)(F)F)s1)C1CSc2ccccc21. The van der Waals surface area contributed by atoms with Crippen molar-refractivity contribution in [3.63, 3.8) is 0 Å². The van der Waals surface area contributed by atoms with Gasteiger partial charge in [-0.1, -0.05) is 18.2 Å². The molecule has 2 nitrogen and oxygen atoms in total. The Morgan fingerprint density at radius 2 is 2.05 bits per heavy atom. The third kappa shape index (κ3) is 2.45. The standard InChI is InChI=1S/C13H10F3NOS2/c14-13(15,16)12-17-5-10(20-12)11(18)8-6-19-9-4-2-1-3-7(8)9/h1-5,8,11,18H,6H2. The molecule has 0 saturated heterocycles. The smallest absolute Gasteiger partial charge is 0.387 e. The topological polar surface area (TPSA) is 33.1 Å². The fraction of sp³-hybridized carbons (Fsp3) is 0.308. The van der Waals surface area contributed by atoms with Gasteiger partial charge in [-0.2, -0.15) is 13.2 Å². The number of aromatic nitrogens is 1. The average molecular weight is 317 g/mol. The third-order valence-electron chi connectivity index (χ3n) is 3.18. The van der Waals surface area contributed by atoms with Crippen molar-refractivity contribution in [1.82, 2.24) is 4.98 Å². The van der Waals surface area contributed by atoms with Crippen LogP contribution in [-0.2, 0) is 6.18 Å². The van der Waals surface area contributed by atoms with E-state index in [0.717, 1.165) is 16.7 Å². The van der Waals surface area contributed by atoms with Gasteiger partial charge in [-0.05, 0) is 11.6 Å². The van der Waals surface area contributed by atoms with Crippen molar-refractivity contribution in [2.45, 2.75) is 23.1 Å². The minimum absolute atomic E-state index is 0.183. The van der Waals surface area contributed by atoms with Crippen molar-refractivity contribution in [3.8, 4) is 0 Å². The van der Waals surface area contributed by atoms with Crippen LogP contribution < -0.4 is 0 Å². The van der Waals surface area contributed by atoms with Crippen LogP contribution in [0.3, 0.4) is 0 Å². The van der Waals surface area contributed by atoms with E-state index in [2.05, 4.69) is 4.98 Å². The molecule has 0 aliphatic carbocycles. The Hall–Kier alpha value is -1.05. The number of benzene rings is 1. The van der Waals surface area contributed by atoms with Gasteiger partial charge in [0.15, 0.2) is 5.01 Å². The largest absolute Gasteiger partial charge is 0.443 e. The Labute approximate surface area is 121 Å². The van der Waals surface area contributed by atoms with Crippen molar-refractivity contribution in [2.75, 3.05) is 5.75 Å². The first kappa shape index (κ1) is 13.9. The second-order valence-corrected chi connectivity index (χ2v) is 6.59. The molecule has 0 amide bonds. The van der Waals surface area contributed by atoms with Crippen molar-refractivity contribution in [2.24, 2.45) is 0 Å². The van der Waals surface area contributed by atoms with Crippen LogP contribution >= 0.6 is 23.1 Å². The van der Waals surface area contributed by atoms with E-state index in [1.807, 2.05) is 24.3 Å². The Bertz CT molecular complexity index is 626. The van der Waals surface area contributed by atoms with E-state index in [1.54, 1.807) is 11.8 Å². The first-order valence-electron chi connectivity index (χ1n) is 5.89. The van der Waals surface area contributed by atoms with Gasteiger partial charge in [0.05, 0.1) is 11.0 Å². The molecule has 0 fully saturated rings. The maximum atomic E-state index is 12.5. The number of rotatable bonds is 2. The van der Waals surface area contributed by atoms with E-state index in [4.69, 9.17) is 0 Å². The number of alkyl halides is 3. The van der Waals surface area contributed by atoms with E-state index in [1.165, 1.54) is 0 Å². The highest BCUT2D eigenvalue weighted by Crippen LogP contribution is 2.47. The van der Waals surface area contributed by atoms with Crippen LogP contribution in [0, 0.1) is 0 Å². The molecule has 2 atom stereocenters. The lowest BCUT2D eigenvalue weighted by Crippen LogP contribution is -2.09. The summed E-state index contributed by atoms with van der Waals surface area (Å²) in [4.78, 5) is 4.71. The number of thioether (sulfide) groups is 1. The Morgan fingerprint density at radius 1 is 1.30 bits per heavy atom. The Kier molecular flexibility index (Phi) is 3.51. The van der Waals surface area contributed by atoms with Crippen molar-refractivity contribution < 1.29 is 18.3 Å². The fourth-order valence-electron chi connectivity index (χ4n) is 2.20. The second kappa shape index (κ2) is 5.05. The Morgan fingerprint density at radius 3 is 2.75 bits per heavy atom. The zero-order chi connectivity index (χ0) is 14.3. The summed E-state index contributed by atoms with van der Waals surface area (Å²) < 4.78 is 37.6. The highest BCUT2D eigenvalue weighted by atomic mass is 32.2. The molecular weight excluding hydrogens is 307 g/mol. The van der Waals surface area contributed by atoms with Crippen LogP contribution in [0.25, 0.3) is 0 Å². The van der Waals surface area contributed by atoms with Crippen LogP contribution in [0.5, 0.6) is 0 Å². The number of hydrogen-bond donors (Lipinski definition) is 1. The predicted octanol–water partition coefficient (Wildman–Crippen LogP) is 4.08. The van der Waals surface area contributed by atoms with Gasteiger partial charge in [0.25, 0.3) is 0 Å². The summed E-state index contributed by atoms with van der Waals surface area (Å²) in [6.07, 6.45) is -4.27. The summed E-state index contributed by atoms with van der Waals surface area (Å²) in [6.45, 7) is 0. The van der Waals surface area contributed by atoms with Gasteiger partial charge < -0.3 is 5.11 Å². The molecule has 0 bridgehead atoms. The molecule has 1 aliphatic heterocycles. The molecule has 0 spiro atoms. The van der Waals surface area contributed by atoms with Crippen LogP contribution in [0.1, 0.15) is 27.5 Å². The molecule has 2 aromatic rings. The van der Waals surface area contributed by atoms with Crippen LogP contribution in [-0.4, -0.2) is 15.8 Å². The minimum atomic E-state index is -4.45.